The van der Waals surface area contributed by atoms with Crippen LogP contribution in [0.2, 0.25) is 5.02 Å². The standard InChI is InChI=1S/C23H27ClO6/c24-19-8-5-14(17-9-15(11-25)20(26)22(28)21(17)27)10-18(19)23(29,30)16-6-3-13(4-7-16)12-1-2-12/h3-8,10,12,15,17,20-22,25-30H,1-2,9,11H2. The highest BCUT2D eigenvalue weighted by atomic mass is 35.5. The number of hydrogen-bond acceptors (Lipinski definition) is 6. The molecule has 0 spiro atoms. The van der Waals surface area contributed by atoms with E-state index in [1.807, 2.05) is 12.1 Å². The van der Waals surface area contributed by atoms with Crippen LogP contribution < -0.4 is 0 Å². The maximum Gasteiger partial charge on any atom is 0.218 e. The third kappa shape index (κ3) is 3.89. The van der Waals surface area contributed by atoms with Crippen molar-refractivity contribution in [3.05, 3.63) is 69.7 Å². The molecule has 7 heteroatoms. The summed E-state index contributed by atoms with van der Waals surface area (Å²) in [6.07, 6.45) is -1.38. The molecule has 162 valence electrons. The molecule has 0 heterocycles. The summed E-state index contributed by atoms with van der Waals surface area (Å²) >= 11 is 6.29. The molecule has 5 atom stereocenters. The van der Waals surface area contributed by atoms with Crippen LogP contribution in [0.5, 0.6) is 0 Å². The zero-order valence-electron chi connectivity index (χ0n) is 16.4. The lowest BCUT2D eigenvalue weighted by atomic mass is 9.73. The smallest absolute Gasteiger partial charge is 0.218 e. The van der Waals surface area contributed by atoms with E-state index in [4.69, 9.17) is 11.6 Å². The molecule has 6 nitrogen and oxygen atoms in total. The summed E-state index contributed by atoms with van der Waals surface area (Å²) in [4.78, 5) is 0. The van der Waals surface area contributed by atoms with E-state index in [-0.39, 0.29) is 29.2 Å². The van der Waals surface area contributed by atoms with Crippen LogP contribution in [0, 0.1) is 5.92 Å². The molecular weight excluding hydrogens is 408 g/mol. The first-order valence-corrected chi connectivity index (χ1v) is 10.6. The summed E-state index contributed by atoms with van der Waals surface area (Å²) in [5.74, 6) is -3.00. The van der Waals surface area contributed by atoms with Gasteiger partial charge in [0.1, 0.15) is 6.10 Å². The molecule has 30 heavy (non-hydrogen) atoms. The second kappa shape index (κ2) is 8.20. The molecule has 0 radical (unpaired) electrons. The maximum absolute atomic E-state index is 10.9. The van der Waals surface area contributed by atoms with E-state index in [1.165, 1.54) is 17.7 Å². The van der Waals surface area contributed by atoms with Crippen molar-refractivity contribution in [3.8, 4) is 0 Å². The van der Waals surface area contributed by atoms with Gasteiger partial charge in [-0.2, -0.15) is 0 Å². The molecule has 6 N–H and O–H groups in total. The van der Waals surface area contributed by atoms with Gasteiger partial charge in [0.15, 0.2) is 0 Å². The molecule has 0 aromatic heterocycles. The van der Waals surface area contributed by atoms with Crippen LogP contribution in [0.25, 0.3) is 0 Å². The molecular formula is C23H27ClO6. The second-order valence-electron chi connectivity index (χ2n) is 8.56. The third-order valence-electron chi connectivity index (χ3n) is 6.54. The van der Waals surface area contributed by atoms with Crippen LogP contribution in [0.1, 0.15) is 53.4 Å². The number of aliphatic hydroxyl groups is 6. The van der Waals surface area contributed by atoms with Crippen molar-refractivity contribution >= 4 is 11.6 Å². The molecule has 2 aliphatic carbocycles. The fraction of sp³-hybridized carbons (Fsp3) is 0.478. The Morgan fingerprint density at radius 3 is 2.10 bits per heavy atom. The number of benzene rings is 2. The van der Waals surface area contributed by atoms with Gasteiger partial charge >= 0.3 is 0 Å². The monoisotopic (exact) mass is 434 g/mol. The first-order chi connectivity index (χ1) is 14.2. The van der Waals surface area contributed by atoms with Crippen LogP contribution in [0.15, 0.2) is 42.5 Å². The van der Waals surface area contributed by atoms with Crippen LogP contribution in [-0.2, 0) is 5.79 Å². The first kappa shape index (κ1) is 21.7. The van der Waals surface area contributed by atoms with Crippen molar-refractivity contribution < 1.29 is 30.6 Å². The molecule has 2 fully saturated rings. The van der Waals surface area contributed by atoms with Gasteiger partial charge in [0.05, 0.1) is 12.2 Å². The molecule has 2 aromatic carbocycles. The van der Waals surface area contributed by atoms with E-state index >= 15 is 0 Å². The molecule has 0 bridgehead atoms. The Morgan fingerprint density at radius 2 is 1.50 bits per heavy atom. The minimum absolute atomic E-state index is 0.0641. The Hall–Kier alpha value is -1.51. The topological polar surface area (TPSA) is 121 Å². The van der Waals surface area contributed by atoms with Gasteiger partial charge in [0.25, 0.3) is 0 Å². The average molecular weight is 435 g/mol. The van der Waals surface area contributed by atoms with Crippen molar-refractivity contribution in [2.45, 2.75) is 55.2 Å². The van der Waals surface area contributed by atoms with Crippen molar-refractivity contribution in [2.24, 2.45) is 5.92 Å². The predicted octanol–water partition coefficient (Wildman–Crippen LogP) is 1.58. The lowest BCUT2D eigenvalue weighted by molar-refractivity contribution is -0.133. The number of hydrogen-bond donors (Lipinski definition) is 6. The Bertz CT molecular complexity index is 893. The van der Waals surface area contributed by atoms with Gasteiger partial charge in [-0.1, -0.05) is 41.9 Å². The van der Waals surface area contributed by atoms with E-state index in [9.17, 15) is 30.6 Å². The molecule has 2 aliphatic rings. The molecule has 4 rings (SSSR count). The summed E-state index contributed by atoms with van der Waals surface area (Å²) in [7, 11) is 0. The summed E-state index contributed by atoms with van der Waals surface area (Å²) in [6, 6.07) is 11.8. The van der Waals surface area contributed by atoms with E-state index in [1.54, 1.807) is 18.2 Å². The van der Waals surface area contributed by atoms with Gasteiger partial charge in [-0.3, -0.25) is 0 Å². The molecule has 0 saturated heterocycles. The lowest BCUT2D eigenvalue weighted by Gasteiger charge is -2.40. The lowest BCUT2D eigenvalue weighted by Crippen LogP contribution is -2.51. The van der Waals surface area contributed by atoms with Gasteiger partial charge < -0.3 is 30.6 Å². The highest BCUT2D eigenvalue weighted by Gasteiger charge is 2.43. The minimum atomic E-state index is -2.34. The molecule has 0 aliphatic heterocycles. The van der Waals surface area contributed by atoms with E-state index in [0.29, 0.717) is 11.5 Å². The van der Waals surface area contributed by atoms with Gasteiger partial charge in [0.2, 0.25) is 5.79 Å². The van der Waals surface area contributed by atoms with Gasteiger partial charge in [0, 0.05) is 34.6 Å². The molecule has 2 aromatic rings. The van der Waals surface area contributed by atoms with Gasteiger partial charge in [-0.15, -0.1) is 0 Å². The van der Waals surface area contributed by atoms with Crippen molar-refractivity contribution in [3.63, 3.8) is 0 Å². The SMILES string of the molecule is OCC1CC(c2ccc(Cl)c(C(O)(O)c3ccc(C4CC4)cc3)c2)C(O)C(O)C1O. The summed E-state index contributed by atoms with van der Waals surface area (Å²) < 4.78 is 0. The summed E-state index contributed by atoms with van der Waals surface area (Å²) in [6.45, 7) is -0.334. The van der Waals surface area contributed by atoms with Crippen LogP contribution >= 0.6 is 11.6 Å². The summed E-state index contributed by atoms with van der Waals surface area (Å²) in [5, 5.41) is 62.3. The molecule has 2 saturated carbocycles. The van der Waals surface area contributed by atoms with Crippen LogP contribution in [-0.4, -0.2) is 55.6 Å². The van der Waals surface area contributed by atoms with Gasteiger partial charge in [-0.05, 0) is 48.4 Å². The fourth-order valence-electron chi connectivity index (χ4n) is 4.44. The van der Waals surface area contributed by atoms with Gasteiger partial charge in [-0.25, -0.2) is 0 Å². The second-order valence-corrected chi connectivity index (χ2v) is 8.97. The largest absolute Gasteiger partial charge is 0.396 e. The third-order valence-corrected chi connectivity index (χ3v) is 6.87. The zero-order valence-corrected chi connectivity index (χ0v) is 17.2. The van der Waals surface area contributed by atoms with E-state index in [0.717, 1.165) is 12.8 Å². The predicted molar refractivity (Wildman–Crippen MR) is 111 cm³/mol. The highest BCUT2D eigenvalue weighted by Crippen LogP contribution is 2.42. The van der Waals surface area contributed by atoms with Crippen molar-refractivity contribution in [1.82, 2.24) is 0 Å². The zero-order chi connectivity index (χ0) is 21.6. The Labute approximate surface area is 180 Å². The number of aliphatic hydroxyl groups excluding tert-OH is 4. The highest BCUT2D eigenvalue weighted by molar-refractivity contribution is 6.31. The first-order valence-electron chi connectivity index (χ1n) is 10.2. The van der Waals surface area contributed by atoms with Crippen LogP contribution in [0.3, 0.4) is 0 Å². The maximum atomic E-state index is 10.9. The minimum Gasteiger partial charge on any atom is -0.396 e. The fourth-order valence-corrected chi connectivity index (χ4v) is 4.69. The Kier molecular flexibility index (Phi) is 5.94. The summed E-state index contributed by atoms with van der Waals surface area (Å²) in [5.41, 5.74) is 2.05. The number of rotatable bonds is 5. The van der Waals surface area contributed by atoms with Crippen molar-refractivity contribution in [1.29, 1.82) is 0 Å². The quantitative estimate of drug-likeness (QED) is 0.397. The average Bonchev–Trinajstić information content (AvgIpc) is 3.58. The Balaban J connectivity index is 1.67. The molecule has 0 amide bonds. The van der Waals surface area contributed by atoms with Crippen LogP contribution in [0.4, 0.5) is 0 Å². The van der Waals surface area contributed by atoms with E-state index in [2.05, 4.69) is 0 Å². The Morgan fingerprint density at radius 1 is 0.867 bits per heavy atom. The molecule has 5 unspecified atom stereocenters. The normalized spacial score (nSPS) is 29.8. The van der Waals surface area contributed by atoms with Crippen molar-refractivity contribution in [2.75, 3.05) is 6.61 Å². The number of halogens is 1. The van der Waals surface area contributed by atoms with E-state index < -0.39 is 35.9 Å².